The highest BCUT2D eigenvalue weighted by Gasteiger charge is 2.14. The van der Waals surface area contributed by atoms with Crippen molar-refractivity contribution in [1.29, 1.82) is 0 Å². The van der Waals surface area contributed by atoms with Crippen LogP contribution < -0.4 is 15.4 Å². The number of hydrogen-bond donors (Lipinski definition) is 3. The summed E-state index contributed by atoms with van der Waals surface area (Å²) in [5.74, 6) is -0.146. The molecule has 34 heavy (non-hydrogen) atoms. The van der Waals surface area contributed by atoms with E-state index in [0.29, 0.717) is 34.9 Å². The highest BCUT2D eigenvalue weighted by atomic mass is 16.5. The Hall–Kier alpha value is -3.85. The molecule has 0 saturated carbocycles. The molecule has 178 valence electrons. The minimum absolute atomic E-state index is 0.171. The van der Waals surface area contributed by atoms with Crippen LogP contribution in [0.25, 0.3) is 11.3 Å². The highest BCUT2D eigenvalue weighted by molar-refractivity contribution is 5.95. The van der Waals surface area contributed by atoms with Gasteiger partial charge in [-0.05, 0) is 63.2 Å². The number of nitrogens with zero attached hydrogens (tertiary/aromatic N) is 2. The smallest absolute Gasteiger partial charge is 0.335 e. The number of aromatic carboxylic acids is 1. The summed E-state index contributed by atoms with van der Waals surface area (Å²) < 4.78 is 11.1. The maximum absolute atomic E-state index is 12.7. The van der Waals surface area contributed by atoms with E-state index >= 15 is 0 Å². The van der Waals surface area contributed by atoms with Crippen molar-refractivity contribution in [3.8, 4) is 17.1 Å². The number of carbonyl (C=O) groups excluding carboxylic acids is 1. The molecule has 0 radical (unpaired) electrons. The van der Waals surface area contributed by atoms with Crippen LogP contribution >= 0.6 is 0 Å². The maximum Gasteiger partial charge on any atom is 0.335 e. The van der Waals surface area contributed by atoms with Crippen LogP contribution in [0.4, 0.5) is 11.7 Å². The van der Waals surface area contributed by atoms with E-state index < -0.39 is 5.97 Å². The van der Waals surface area contributed by atoms with Crippen LogP contribution in [-0.2, 0) is 0 Å². The van der Waals surface area contributed by atoms with E-state index in [1.165, 1.54) is 25.0 Å². The van der Waals surface area contributed by atoms with E-state index in [-0.39, 0.29) is 17.5 Å². The Morgan fingerprint density at radius 2 is 1.88 bits per heavy atom. The van der Waals surface area contributed by atoms with Crippen LogP contribution in [0.3, 0.4) is 0 Å². The summed E-state index contributed by atoms with van der Waals surface area (Å²) in [4.78, 5) is 30.4. The third-order valence-electron chi connectivity index (χ3n) is 5.71. The van der Waals surface area contributed by atoms with Gasteiger partial charge >= 0.3 is 5.97 Å². The van der Waals surface area contributed by atoms with Crippen molar-refractivity contribution in [1.82, 2.24) is 15.2 Å². The second kappa shape index (κ2) is 10.8. The van der Waals surface area contributed by atoms with E-state index in [1.807, 2.05) is 0 Å². The fourth-order valence-electron chi connectivity index (χ4n) is 3.90. The predicted molar refractivity (Wildman–Crippen MR) is 128 cm³/mol. The largest absolute Gasteiger partial charge is 0.497 e. The first-order valence-electron chi connectivity index (χ1n) is 11.3. The van der Waals surface area contributed by atoms with Gasteiger partial charge in [0.2, 0.25) is 0 Å². The third-order valence-corrected chi connectivity index (χ3v) is 5.71. The summed E-state index contributed by atoms with van der Waals surface area (Å²) in [5, 5.41) is 15.1. The number of hydrogen-bond acceptors (Lipinski definition) is 7. The van der Waals surface area contributed by atoms with E-state index in [0.717, 1.165) is 26.1 Å². The molecule has 1 aliphatic heterocycles. The number of carboxylic acids is 1. The Labute approximate surface area is 197 Å². The van der Waals surface area contributed by atoms with E-state index in [2.05, 4.69) is 20.5 Å². The Morgan fingerprint density at radius 3 is 2.59 bits per heavy atom. The topological polar surface area (TPSA) is 117 Å². The van der Waals surface area contributed by atoms with Crippen molar-refractivity contribution in [2.75, 3.05) is 38.6 Å². The molecule has 0 spiro atoms. The molecule has 9 nitrogen and oxygen atoms in total. The molecule has 1 aliphatic rings. The molecule has 2 aromatic carbocycles. The lowest BCUT2D eigenvalue weighted by atomic mass is 10.1. The zero-order chi connectivity index (χ0) is 23.9. The molecule has 3 aromatic rings. The first-order chi connectivity index (χ1) is 16.5. The summed E-state index contributed by atoms with van der Waals surface area (Å²) in [6.45, 7) is 3.90. The average molecular weight is 465 g/mol. The minimum atomic E-state index is -0.990. The number of anilines is 2. The van der Waals surface area contributed by atoms with E-state index in [9.17, 15) is 9.59 Å². The fourth-order valence-corrected chi connectivity index (χ4v) is 3.90. The van der Waals surface area contributed by atoms with Gasteiger partial charge in [0.05, 0.1) is 18.9 Å². The second-order valence-corrected chi connectivity index (χ2v) is 8.15. The van der Waals surface area contributed by atoms with Crippen LogP contribution in [0.5, 0.6) is 5.75 Å². The lowest BCUT2D eigenvalue weighted by Crippen LogP contribution is -2.28. The number of oxazole rings is 1. The molecular formula is C25H28N4O5. The first-order valence-corrected chi connectivity index (χ1v) is 11.3. The van der Waals surface area contributed by atoms with E-state index in [4.69, 9.17) is 14.3 Å². The second-order valence-electron chi connectivity index (χ2n) is 8.15. The predicted octanol–water partition coefficient (Wildman–Crippen LogP) is 4.01. The van der Waals surface area contributed by atoms with Crippen LogP contribution in [0.15, 0.2) is 53.1 Å². The van der Waals surface area contributed by atoms with Crippen molar-refractivity contribution in [2.24, 2.45) is 0 Å². The number of carbonyl (C=O) groups is 2. The van der Waals surface area contributed by atoms with Gasteiger partial charge in [0, 0.05) is 29.4 Å². The Balaban J connectivity index is 1.39. The average Bonchev–Trinajstić information content (AvgIpc) is 3.54. The fraction of sp³-hybridized carbons (Fsp3) is 0.320. The summed E-state index contributed by atoms with van der Waals surface area (Å²) in [5.41, 5.74) is 1.96. The number of ether oxygens (including phenoxy) is 1. The van der Waals surface area contributed by atoms with Crippen LogP contribution in [0, 0.1) is 0 Å². The van der Waals surface area contributed by atoms with Crippen LogP contribution in [0.2, 0.25) is 0 Å². The molecule has 1 saturated heterocycles. The van der Waals surface area contributed by atoms with Crippen molar-refractivity contribution in [3.05, 3.63) is 59.8 Å². The van der Waals surface area contributed by atoms with Gasteiger partial charge in [0.15, 0.2) is 5.76 Å². The zero-order valence-electron chi connectivity index (χ0n) is 19.0. The van der Waals surface area contributed by atoms with Gasteiger partial charge in [-0.1, -0.05) is 12.1 Å². The molecule has 4 rings (SSSR count). The number of likely N-dealkylation sites (tertiary alicyclic amines) is 1. The molecule has 3 N–H and O–H groups in total. The lowest BCUT2D eigenvalue weighted by molar-refractivity contribution is 0.0696. The van der Waals surface area contributed by atoms with Crippen LogP contribution in [0.1, 0.15) is 40.0 Å². The summed E-state index contributed by atoms with van der Waals surface area (Å²) in [7, 11) is 1.54. The summed E-state index contributed by atoms with van der Waals surface area (Å²) >= 11 is 0. The van der Waals surface area contributed by atoms with Gasteiger partial charge in [0.1, 0.15) is 5.75 Å². The van der Waals surface area contributed by atoms with Gasteiger partial charge in [-0.25, -0.2) is 9.78 Å². The van der Waals surface area contributed by atoms with Gasteiger partial charge < -0.3 is 29.8 Å². The molecule has 0 atom stereocenters. The van der Waals surface area contributed by atoms with E-state index in [1.54, 1.807) is 43.6 Å². The molecule has 2 heterocycles. The van der Waals surface area contributed by atoms with Crippen molar-refractivity contribution in [3.63, 3.8) is 0 Å². The Kier molecular flexibility index (Phi) is 7.44. The minimum Gasteiger partial charge on any atom is -0.497 e. The number of rotatable bonds is 10. The Morgan fingerprint density at radius 1 is 1.12 bits per heavy atom. The van der Waals surface area contributed by atoms with Crippen molar-refractivity contribution >= 4 is 23.6 Å². The Bertz CT molecular complexity index is 1140. The molecule has 0 unspecified atom stereocenters. The summed E-state index contributed by atoms with van der Waals surface area (Å²) in [6, 6.07) is 11.7. The molecule has 1 amide bonds. The first kappa shape index (κ1) is 23.3. The molecule has 0 aliphatic carbocycles. The molecule has 1 aromatic heterocycles. The highest BCUT2D eigenvalue weighted by Crippen LogP contribution is 2.27. The van der Waals surface area contributed by atoms with Gasteiger partial charge in [0.25, 0.3) is 11.9 Å². The maximum atomic E-state index is 12.7. The standard InChI is InChI=1S/C25H28N4O5/c1-33-21-14-19(23(30)26-9-4-12-29-10-2-3-11-29)13-20(15-21)28-25-27-16-22(34-25)17-5-7-18(8-6-17)24(31)32/h5-8,13-16H,2-4,9-12H2,1H3,(H,26,30)(H,27,28)(H,31,32). The molecule has 1 fully saturated rings. The summed E-state index contributed by atoms with van der Waals surface area (Å²) in [6.07, 6.45) is 4.98. The monoisotopic (exact) mass is 464 g/mol. The lowest BCUT2D eigenvalue weighted by Gasteiger charge is -2.14. The molecule has 9 heteroatoms. The number of carboxylic acid groups (broad SMARTS) is 1. The molecular weight excluding hydrogens is 436 g/mol. The van der Waals surface area contributed by atoms with Gasteiger partial charge in [-0.3, -0.25) is 4.79 Å². The quantitative estimate of drug-likeness (QED) is 0.386. The number of methoxy groups -OCH3 is 1. The number of nitrogens with one attached hydrogen (secondary N) is 2. The third kappa shape index (κ3) is 5.93. The molecule has 0 bridgehead atoms. The van der Waals surface area contributed by atoms with Crippen LogP contribution in [-0.4, -0.2) is 60.2 Å². The number of aromatic nitrogens is 1. The van der Waals surface area contributed by atoms with Gasteiger partial charge in [-0.2, -0.15) is 0 Å². The number of benzene rings is 2. The van der Waals surface area contributed by atoms with Crippen molar-refractivity contribution in [2.45, 2.75) is 19.3 Å². The van der Waals surface area contributed by atoms with Crippen molar-refractivity contribution < 1.29 is 23.8 Å². The SMILES string of the molecule is COc1cc(Nc2ncc(-c3ccc(C(=O)O)cc3)o2)cc(C(=O)NCCCN2CCCC2)c1. The normalized spacial score (nSPS) is 13.6. The number of amides is 1. The van der Waals surface area contributed by atoms with Gasteiger partial charge in [-0.15, -0.1) is 0 Å². The zero-order valence-corrected chi connectivity index (χ0v) is 19.0.